The van der Waals surface area contributed by atoms with E-state index in [9.17, 15) is 9.18 Å². The third-order valence-electron chi connectivity index (χ3n) is 5.78. The van der Waals surface area contributed by atoms with Crippen molar-refractivity contribution in [2.45, 2.75) is 31.2 Å². The molecule has 3 aliphatic rings. The predicted octanol–water partition coefficient (Wildman–Crippen LogP) is 0.555. The summed E-state index contributed by atoms with van der Waals surface area (Å²) < 4.78 is 22.0. The van der Waals surface area contributed by atoms with Gasteiger partial charge in [-0.05, 0) is 12.5 Å². The number of hydrogen-bond donors (Lipinski definition) is 2. The Morgan fingerprint density at radius 1 is 1.33 bits per heavy atom. The van der Waals surface area contributed by atoms with Gasteiger partial charge in [-0.1, -0.05) is 23.4 Å². The van der Waals surface area contributed by atoms with Gasteiger partial charge in [-0.3, -0.25) is 10.2 Å². The summed E-state index contributed by atoms with van der Waals surface area (Å²) in [5.41, 5.74) is 7.52. The standard InChI is InChI=1S/C18H21FN6O2/c19-14-4-2-1-3-12(14)17-13(8-20-22-17)18(26)24-6-5-16-15(9-24)25-11(10-27-16)7-21-23-25/h1-4,7,13,15-17,20,22H,5-6,8-10H2/t13?,15-,16+,17?/m1/s1. The van der Waals surface area contributed by atoms with Crippen LogP contribution in [0.1, 0.15) is 29.8 Å². The van der Waals surface area contributed by atoms with E-state index in [0.717, 1.165) is 12.1 Å². The van der Waals surface area contributed by atoms with E-state index in [2.05, 4.69) is 21.2 Å². The number of benzene rings is 1. The SMILES string of the molecule is O=C(C1CNNC1c1ccccc1F)N1CC[C@@H]2OCc3cnnn3[C@@H]2C1. The Hall–Kier alpha value is -2.36. The highest BCUT2D eigenvalue weighted by molar-refractivity contribution is 5.80. The number of ether oxygens (including phenoxy) is 1. The van der Waals surface area contributed by atoms with E-state index >= 15 is 0 Å². The van der Waals surface area contributed by atoms with Gasteiger partial charge in [0.05, 0.1) is 42.6 Å². The van der Waals surface area contributed by atoms with Crippen LogP contribution in [0.2, 0.25) is 0 Å². The molecular formula is C18H21FN6O2. The van der Waals surface area contributed by atoms with Crippen molar-refractivity contribution < 1.29 is 13.9 Å². The average Bonchev–Trinajstić information content (AvgIpc) is 3.37. The predicted molar refractivity (Wildman–Crippen MR) is 92.6 cm³/mol. The first-order chi connectivity index (χ1) is 13.2. The van der Waals surface area contributed by atoms with Crippen molar-refractivity contribution in [2.24, 2.45) is 5.92 Å². The molecule has 2 aromatic rings. The molecule has 0 bridgehead atoms. The Morgan fingerprint density at radius 2 is 2.22 bits per heavy atom. The van der Waals surface area contributed by atoms with Crippen LogP contribution in [0.15, 0.2) is 30.5 Å². The third kappa shape index (κ3) is 2.82. The Morgan fingerprint density at radius 3 is 3.11 bits per heavy atom. The number of carbonyl (C=O) groups is 1. The number of nitrogens with zero attached hydrogens (tertiary/aromatic N) is 4. The summed E-state index contributed by atoms with van der Waals surface area (Å²) in [4.78, 5) is 15.1. The lowest BCUT2D eigenvalue weighted by Crippen LogP contribution is -2.52. The number of carbonyl (C=O) groups excluding carboxylic acids is 1. The largest absolute Gasteiger partial charge is 0.370 e. The van der Waals surface area contributed by atoms with E-state index in [-0.39, 0.29) is 35.8 Å². The van der Waals surface area contributed by atoms with Crippen LogP contribution in [0.5, 0.6) is 0 Å². The van der Waals surface area contributed by atoms with E-state index in [0.29, 0.717) is 31.8 Å². The molecular weight excluding hydrogens is 351 g/mol. The van der Waals surface area contributed by atoms with E-state index in [1.54, 1.807) is 24.4 Å². The van der Waals surface area contributed by atoms with E-state index < -0.39 is 0 Å². The minimum atomic E-state index is -0.388. The van der Waals surface area contributed by atoms with Gasteiger partial charge in [-0.15, -0.1) is 5.10 Å². The monoisotopic (exact) mass is 372 g/mol. The molecule has 0 spiro atoms. The van der Waals surface area contributed by atoms with Crippen molar-refractivity contribution >= 4 is 5.91 Å². The molecule has 1 aromatic heterocycles. The molecule has 2 saturated heterocycles. The Kier molecular flexibility index (Phi) is 4.14. The van der Waals surface area contributed by atoms with Crippen molar-refractivity contribution in [3.8, 4) is 0 Å². The molecule has 27 heavy (non-hydrogen) atoms. The zero-order valence-electron chi connectivity index (χ0n) is 14.7. The van der Waals surface area contributed by atoms with Crippen molar-refractivity contribution in [1.82, 2.24) is 30.7 Å². The van der Waals surface area contributed by atoms with Gasteiger partial charge in [-0.25, -0.2) is 14.5 Å². The quantitative estimate of drug-likeness (QED) is 0.801. The van der Waals surface area contributed by atoms with Crippen molar-refractivity contribution in [3.63, 3.8) is 0 Å². The highest BCUT2D eigenvalue weighted by atomic mass is 19.1. The number of fused-ring (bicyclic) bond motifs is 3. The number of piperidine rings is 1. The molecule has 3 aliphatic heterocycles. The van der Waals surface area contributed by atoms with E-state index in [1.807, 2.05) is 9.58 Å². The lowest BCUT2D eigenvalue weighted by atomic mass is 9.91. The molecule has 2 fully saturated rings. The van der Waals surface area contributed by atoms with Crippen LogP contribution in [-0.2, 0) is 16.1 Å². The number of hydrogen-bond acceptors (Lipinski definition) is 6. The van der Waals surface area contributed by atoms with Crippen LogP contribution in [0.25, 0.3) is 0 Å². The Bertz CT molecular complexity index is 858. The second-order valence-electron chi connectivity index (χ2n) is 7.29. The first-order valence-corrected chi connectivity index (χ1v) is 9.24. The Labute approximate surface area is 155 Å². The second kappa shape index (κ2) is 6.66. The second-order valence-corrected chi connectivity index (χ2v) is 7.29. The summed E-state index contributed by atoms with van der Waals surface area (Å²) in [6.45, 7) is 2.13. The summed E-state index contributed by atoms with van der Waals surface area (Å²) in [6, 6.07) is 6.18. The molecule has 0 saturated carbocycles. The molecule has 4 heterocycles. The van der Waals surface area contributed by atoms with Gasteiger partial charge in [-0.2, -0.15) is 0 Å². The van der Waals surface area contributed by atoms with Crippen molar-refractivity contribution in [1.29, 1.82) is 0 Å². The van der Waals surface area contributed by atoms with Gasteiger partial charge in [0.25, 0.3) is 0 Å². The fraction of sp³-hybridized carbons (Fsp3) is 0.500. The molecule has 142 valence electrons. The minimum absolute atomic E-state index is 0.0199. The molecule has 4 atom stereocenters. The zero-order valence-corrected chi connectivity index (χ0v) is 14.7. The highest BCUT2D eigenvalue weighted by Gasteiger charge is 2.42. The number of halogens is 1. The summed E-state index contributed by atoms with van der Waals surface area (Å²) in [5, 5.41) is 8.15. The molecule has 1 aromatic carbocycles. The summed E-state index contributed by atoms with van der Waals surface area (Å²) >= 11 is 0. The van der Waals surface area contributed by atoms with Crippen LogP contribution in [0, 0.1) is 11.7 Å². The lowest BCUT2D eigenvalue weighted by molar-refractivity contribution is -0.142. The van der Waals surface area contributed by atoms with Gasteiger partial charge >= 0.3 is 0 Å². The van der Waals surface area contributed by atoms with Crippen molar-refractivity contribution in [3.05, 3.63) is 47.5 Å². The first kappa shape index (κ1) is 16.8. The van der Waals surface area contributed by atoms with Gasteiger partial charge in [0.2, 0.25) is 5.91 Å². The van der Waals surface area contributed by atoms with Crippen LogP contribution >= 0.6 is 0 Å². The normalized spacial score (nSPS) is 30.0. The van der Waals surface area contributed by atoms with Crippen LogP contribution in [0.4, 0.5) is 4.39 Å². The molecule has 0 radical (unpaired) electrons. The number of aromatic nitrogens is 3. The molecule has 2 N–H and O–H groups in total. The fourth-order valence-electron chi connectivity index (χ4n) is 4.36. The number of nitrogens with one attached hydrogen (secondary N) is 2. The van der Waals surface area contributed by atoms with Gasteiger partial charge < -0.3 is 9.64 Å². The highest BCUT2D eigenvalue weighted by Crippen LogP contribution is 2.33. The van der Waals surface area contributed by atoms with Crippen molar-refractivity contribution in [2.75, 3.05) is 19.6 Å². The third-order valence-corrected chi connectivity index (χ3v) is 5.78. The molecule has 9 heteroatoms. The average molecular weight is 372 g/mol. The molecule has 8 nitrogen and oxygen atoms in total. The van der Waals surface area contributed by atoms with Crippen LogP contribution < -0.4 is 10.9 Å². The molecule has 0 aliphatic carbocycles. The maximum Gasteiger partial charge on any atom is 0.229 e. The lowest BCUT2D eigenvalue weighted by Gasteiger charge is -2.42. The zero-order chi connectivity index (χ0) is 18.4. The van der Waals surface area contributed by atoms with E-state index in [1.165, 1.54) is 6.07 Å². The van der Waals surface area contributed by atoms with E-state index in [4.69, 9.17) is 4.74 Å². The summed E-state index contributed by atoms with van der Waals surface area (Å²) in [5.74, 6) is -0.646. The number of likely N-dealkylation sites (tertiary alicyclic amines) is 1. The van der Waals surface area contributed by atoms with Crippen LogP contribution in [0.3, 0.4) is 0 Å². The number of rotatable bonds is 2. The van der Waals surface area contributed by atoms with Gasteiger partial charge in [0.15, 0.2) is 0 Å². The maximum atomic E-state index is 14.2. The summed E-state index contributed by atoms with van der Waals surface area (Å²) in [7, 11) is 0. The number of hydrazine groups is 1. The molecule has 2 unspecified atom stereocenters. The molecule has 5 rings (SSSR count). The number of amides is 1. The Balaban J connectivity index is 1.36. The maximum absolute atomic E-state index is 14.2. The fourth-order valence-corrected chi connectivity index (χ4v) is 4.36. The van der Waals surface area contributed by atoms with Crippen LogP contribution in [-0.4, -0.2) is 51.5 Å². The topological polar surface area (TPSA) is 84.3 Å². The summed E-state index contributed by atoms with van der Waals surface area (Å²) in [6.07, 6.45) is 2.51. The smallest absolute Gasteiger partial charge is 0.229 e. The minimum Gasteiger partial charge on any atom is -0.370 e. The van der Waals surface area contributed by atoms with Gasteiger partial charge in [0.1, 0.15) is 5.82 Å². The van der Waals surface area contributed by atoms with Gasteiger partial charge in [0, 0.05) is 25.2 Å². The first-order valence-electron chi connectivity index (χ1n) is 9.24. The molecule has 1 amide bonds.